The second-order valence-electron chi connectivity index (χ2n) is 8.18. The molecular formula is C24H50. The first-order valence-corrected chi connectivity index (χ1v) is 11.8. The summed E-state index contributed by atoms with van der Waals surface area (Å²) in [6, 6.07) is 0. The van der Waals surface area contributed by atoms with Gasteiger partial charge in [-0.05, 0) is 5.92 Å². The summed E-state index contributed by atoms with van der Waals surface area (Å²) in [5.41, 5.74) is 0. The van der Waals surface area contributed by atoms with Gasteiger partial charge < -0.3 is 0 Å². The van der Waals surface area contributed by atoms with Crippen molar-refractivity contribution in [2.45, 2.75) is 149 Å². The van der Waals surface area contributed by atoms with Gasteiger partial charge in [0.15, 0.2) is 0 Å². The van der Waals surface area contributed by atoms with Crippen LogP contribution in [-0.4, -0.2) is 0 Å². The second kappa shape index (κ2) is 21.0. The number of hydrogen-bond donors (Lipinski definition) is 0. The van der Waals surface area contributed by atoms with Gasteiger partial charge in [0.25, 0.3) is 0 Å². The van der Waals surface area contributed by atoms with Gasteiger partial charge in [0.2, 0.25) is 0 Å². The number of unbranched alkanes of at least 4 members (excludes halogenated alkanes) is 14. The maximum absolute atomic E-state index is 2.34. The Labute approximate surface area is 155 Å². The smallest absolute Gasteiger partial charge is 0.0414 e. The topological polar surface area (TPSA) is 0 Å². The lowest BCUT2D eigenvalue weighted by Gasteiger charge is -2.14. The fourth-order valence-electron chi connectivity index (χ4n) is 4.05. The van der Waals surface area contributed by atoms with E-state index in [1.54, 1.807) is 0 Å². The molecule has 0 heteroatoms. The van der Waals surface area contributed by atoms with Crippen LogP contribution >= 0.6 is 0 Å². The summed E-state index contributed by atoms with van der Waals surface area (Å²) < 4.78 is 0. The molecule has 0 nitrogen and oxygen atoms in total. The molecule has 0 amide bonds. The van der Waals surface area contributed by atoms with Crippen molar-refractivity contribution in [2.75, 3.05) is 0 Å². The average molecular weight is 339 g/mol. The van der Waals surface area contributed by atoms with Crippen molar-refractivity contribution in [1.82, 2.24) is 0 Å². The van der Waals surface area contributed by atoms with E-state index in [2.05, 4.69) is 20.8 Å². The summed E-state index contributed by atoms with van der Waals surface area (Å²) in [6.45, 7) is 6.99. The van der Waals surface area contributed by atoms with Crippen LogP contribution in [0.5, 0.6) is 0 Å². The van der Waals surface area contributed by atoms with Crippen LogP contribution in [0.15, 0.2) is 0 Å². The van der Waals surface area contributed by atoms with Crippen molar-refractivity contribution < 1.29 is 0 Å². The molecule has 0 rings (SSSR count). The van der Waals surface area contributed by atoms with Crippen LogP contribution in [0.1, 0.15) is 149 Å². The van der Waals surface area contributed by atoms with Gasteiger partial charge in [-0.1, -0.05) is 149 Å². The Bertz CT molecular complexity index is 202. The molecular weight excluding hydrogens is 288 g/mol. The number of hydrogen-bond acceptors (Lipinski definition) is 0. The van der Waals surface area contributed by atoms with Gasteiger partial charge in [0.05, 0.1) is 0 Å². The lowest BCUT2D eigenvalue weighted by atomic mass is 9.92. The third-order valence-electron chi connectivity index (χ3n) is 5.61. The lowest BCUT2D eigenvalue weighted by Crippen LogP contribution is -1.99. The fourth-order valence-corrected chi connectivity index (χ4v) is 4.05. The SMILES string of the molecule is CCCCCCCCCCCCCCCCCC(CCC)CCC. The van der Waals surface area contributed by atoms with Gasteiger partial charge in [-0.3, -0.25) is 0 Å². The highest BCUT2D eigenvalue weighted by Crippen LogP contribution is 2.21. The summed E-state index contributed by atoms with van der Waals surface area (Å²) in [5, 5.41) is 0. The van der Waals surface area contributed by atoms with E-state index in [-0.39, 0.29) is 0 Å². The molecule has 146 valence electrons. The standard InChI is InChI=1S/C24H50/c1-4-7-8-9-10-11-12-13-14-15-16-17-18-19-20-23-24(21-5-2)22-6-3/h24H,4-23H2,1-3H3. The molecule has 0 unspecified atom stereocenters. The molecule has 0 aromatic rings. The first-order chi connectivity index (χ1) is 11.8. The Balaban J connectivity index is 3.14. The minimum absolute atomic E-state index is 1.03. The Morgan fingerprint density at radius 1 is 0.333 bits per heavy atom. The largest absolute Gasteiger partial charge is 0.0654 e. The first-order valence-electron chi connectivity index (χ1n) is 11.8. The first kappa shape index (κ1) is 24.0. The van der Waals surface area contributed by atoms with E-state index in [0.29, 0.717) is 0 Å². The Kier molecular flexibility index (Phi) is 21.0. The maximum Gasteiger partial charge on any atom is -0.0414 e. The van der Waals surface area contributed by atoms with Crippen molar-refractivity contribution in [3.63, 3.8) is 0 Å². The van der Waals surface area contributed by atoms with E-state index >= 15 is 0 Å². The Morgan fingerprint density at radius 3 is 1.00 bits per heavy atom. The van der Waals surface area contributed by atoms with E-state index < -0.39 is 0 Å². The Morgan fingerprint density at radius 2 is 0.667 bits per heavy atom. The second-order valence-corrected chi connectivity index (χ2v) is 8.18. The molecule has 0 N–H and O–H groups in total. The quantitative estimate of drug-likeness (QED) is 0.194. The monoisotopic (exact) mass is 338 g/mol. The van der Waals surface area contributed by atoms with Gasteiger partial charge >= 0.3 is 0 Å². The molecule has 0 aromatic heterocycles. The van der Waals surface area contributed by atoms with Gasteiger partial charge in [-0.2, -0.15) is 0 Å². The lowest BCUT2D eigenvalue weighted by molar-refractivity contribution is 0.390. The average Bonchev–Trinajstić information content (AvgIpc) is 2.58. The molecule has 0 heterocycles. The van der Waals surface area contributed by atoms with E-state index in [1.807, 2.05) is 0 Å². The molecule has 0 bridgehead atoms. The normalized spacial score (nSPS) is 11.5. The molecule has 0 saturated heterocycles. The molecule has 0 spiro atoms. The van der Waals surface area contributed by atoms with Crippen LogP contribution in [0, 0.1) is 5.92 Å². The van der Waals surface area contributed by atoms with Crippen molar-refractivity contribution in [3.8, 4) is 0 Å². The molecule has 0 fully saturated rings. The Hall–Kier alpha value is 0. The number of rotatable bonds is 20. The fraction of sp³-hybridized carbons (Fsp3) is 1.00. The molecule has 0 radical (unpaired) electrons. The van der Waals surface area contributed by atoms with Gasteiger partial charge in [0, 0.05) is 0 Å². The zero-order valence-corrected chi connectivity index (χ0v) is 17.7. The van der Waals surface area contributed by atoms with Crippen molar-refractivity contribution in [2.24, 2.45) is 5.92 Å². The van der Waals surface area contributed by atoms with Crippen molar-refractivity contribution in [3.05, 3.63) is 0 Å². The zero-order chi connectivity index (χ0) is 17.7. The highest BCUT2D eigenvalue weighted by atomic mass is 14.1. The van der Waals surface area contributed by atoms with Crippen LogP contribution in [0.2, 0.25) is 0 Å². The molecule has 0 saturated carbocycles. The van der Waals surface area contributed by atoms with Crippen LogP contribution in [0.4, 0.5) is 0 Å². The van der Waals surface area contributed by atoms with Crippen LogP contribution in [0.25, 0.3) is 0 Å². The van der Waals surface area contributed by atoms with Crippen LogP contribution in [-0.2, 0) is 0 Å². The van der Waals surface area contributed by atoms with Gasteiger partial charge in [-0.25, -0.2) is 0 Å². The summed E-state index contributed by atoms with van der Waals surface area (Å²) in [4.78, 5) is 0. The summed E-state index contributed by atoms with van der Waals surface area (Å²) >= 11 is 0. The van der Waals surface area contributed by atoms with Gasteiger partial charge in [-0.15, -0.1) is 0 Å². The highest BCUT2D eigenvalue weighted by molar-refractivity contribution is 4.59. The minimum Gasteiger partial charge on any atom is -0.0654 e. The summed E-state index contributed by atoms with van der Waals surface area (Å²) in [7, 11) is 0. The zero-order valence-electron chi connectivity index (χ0n) is 17.7. The minimum atomic E-state index is 1.03. The molecule has 0 atom stereocenters. The summed E-state index contributed by atoms with van der Waals surface area (Å²) in [6.07, 6.45) is 29.3. The van der Waals surface area contributed by atoms with E-state index in [0.717, 1.165) is 5.92 Å². The predicted octanol–water partition coefficient (Wildman–Crippen LogP) is 9.46. The molecule has 0 aliphatic heterocycles. The molecule has 0 aliphatic carbocycles. The van der Waals surface area contributed by atoms with Crippen molar-refractivity contribution >= 4 is 0 Å². The maximum atomic E-state index is 2.34. The van der Waals surface area contributed by atoms with E-state index in [9.17, 15) is 0 Å². The highest BCUT2D eigenvalue weighted by Gasteiger charge is 2.05. The third-order valence-corrected chi connectivity index (χ3v) is 5.61. The molecule has 0 aliphatic rings. The van der Waals surface area contributed by atoms with Crippen LogP contribution in [0.3, 0.4) is 0 Å². The predicted molar refractivity (Wildman–Crippen MR) is 113 cm³/mol. The van der Waals surface area contributed by atoms with E-state index in [1.165, 1.54) is 128 Å². The van der Waals surface area contributed by atoms with Crippen LogP contribution < -0.4 is 0 Å². The molecule has 0 aromatic carbocycles. The molecule has 24 heavy (non-hydrogen) atoms. The van der Waals surface area contributed by atoms with Gasteiger partial charge in [0.1, 0.15) is 0 Å². The van der Waals surface area contributed by atoms with Crippen molar-refractivity contribution in [1.29, 1.82) is 0 Å². The van der Waals surface area contributed by atoms with E-state index in [4.69, 9.17) is 0 Å². The third kappa shape index (κ3) is 18.3. The summed E-state index contributed by atoms with van der Waals surface area (Å²) in [5.74, 6) is 1.03.